The SMILES string of the molecule is COC(=O)CC1(CS(=O)(=O)NC2CCc3cc(F)ccc32)CC1. The van der Waals surface area contributed by atoms with Gasteiger partial charge in [-0.2, -0.15) is 0 Å². The molecular weight excluding hydrogens is 321 g/mol. The minimum Gasteiger partial charge on any atom is -0.469 e. The van der Waals surface area contributed by atoms with Crippen molar-refractivity contribution >= 4 is 16.0 Å². The average Bonchev–Trinajstić information content (AvgIpc) is 3.10. The second kappa shape index (κ2) is 5.87. The third kappa shape index (κ3) is 3.72. The maximum Gasteiger partial charge on any atom is 0.306 e. The summed E-state index contributed by atoms with van der Waals surface area (Å²) in [5, 5.41) is 0. The predicted molar refractivity (Wildman–Crippen MR) is 82.7 cm³/mol. The van der Waals surface area contributed by atoms with Gasteiger partial charge in [-0.25, -0.2) is 17.5 Å². The Hall–Kier alpha value is -1.47. The lowest BCUT2D eigenvalue weighted by Crippen LogP contribution is -2.33. The molecule has 2 aliphatic rings. The van der Waals surface area contributed by atoms with Gasteiger partial charge in [-0.05, 0) is 54.4 Å². The molecule has 1 atom stereocenters. The maximum atomic E-state index is 13.2. The number of sulfonamides is 1. The van der Waals surface area contributed by atoms with Gasteiger partial charge in [0.2, 0.25) is 10.0 Å². The number of hydrogen-bond acceptors (Lipinski definition) is 4. The molecule has 0 heterocycles. The second-order valence-corrected chi connectivity index (χ2v) is 8.32. The van der Waals surface area contributed by atoms with E-state index < -0.39 is 15.4 Å². The Kier molecular flexibility index (Phi) is 4.18. The Morgan fingerprint density at radius 1 is 1.43 bits per heavy atom. The van der Waals surface area contributed by atoms with Crippen LogP contribution in [0, 0.1) is 11.2 Å². The minimum atomic E-state index is -3.52. The highest BCUT2D eigenvalue weighted by Crippen LogP contribution is 2.50. The highest BCUT2D eigenvalue weighted by Gasteiger charge is 2.48. The molecule has 2 aliphatic carbocycles. The first-order valence-electron chi connectivity index (χ1n) is 7.68. The van der Waals surface area contributed by atoms with Crippen LogP contribution in [-0.2, 0) is 26.0 Å². The van der Waals surface area contributed by atoms with E-state index in [-0.39, 0.29) is 30.0 Å². The van der Waals surface area contributed by atoms with Crippen molar-refractivity contribution in [1.82, 2.24) is 4.72 Å². The Balaban J connectivity index is 1.68. The van der Waals surface area contributed by atoms with Crippen molar-refractivity contribution in [2.75, 3.05) is 12.9 Å². The van der Waals surface area contributed by atoms with Crippen LogP contribution in [-0.4, -0.2) is 27.2 Å². The number of halogens is 1. The lowest BCUT2D eigenvalue weighted by atomic mass is 10.1. The molecule has 23 heavy (non-hydrogen) atoms. The molecular formula is C16H20FNO4S. The third-order valence-electron chi connectivity index (χ3n) is 4.70. The first kappa shape index (κ1) is 16.4. The summed E-state index contributed by atoms with van der Waals surface area (Å²) in [6, 6.07) is 4.14. The number of esters is 1. The maximum absolute atomic E-state index is 13.2. The van der Waals surface area contributed by atoms with Crippen LogP contribution in [0.15, 0.2) is 18.2 Å². The van der Waals surface area contributed by atoms with Gasteiger partial charge in [0, 0.05) is 6.04 Å². The summed E-state index contributed by atoms with van der Waals surface area (Å²) < 4.78 is 45.5. The summed E-state index contributed by atoms with van der Waals surface area (Å²) in [7, 11) is -2.21. The van der Waals surface area contributed by atoms with E-state index in [4.69, 9.17) is 0 Å². The monoisotopic (exact) mass is 341 g/mol. The Morgan fingerprint density at radius 2 is 2.17 bits per heavy atom. The first-order valence-corrected chi connectivity index (χ1v) is 9.33. The molecule has 0 saturated heterocycles. The van der Waals surface area contributed by atoms with Crippen molar-refractivity contribution in [1.29, 1.82) is 0 Å². The summed E-state index contributed by atoms with van der Waals surface area (Å²) in [5.74, 6) is -0.746. The van der Waals surface area contributed by atoms with Crippen LogP contribution in [0.25, 0.3) is 0 Å². The number of rotatable bonds is 6. The average molecular weight is 341 g/mol. The molecule has 0 aliphatic heterocycles. The van der Waals surface area contributed by atoms with Gasteiger partial charge in [0.1, 0.15) is 5.82 Å². The number of carbonyl (C=O) groups excluding carboxylic acids is 1. The number of hydrogen-bond donors (Lipinski definition) is 1. The van der Waals surface area contributed by atoms with Crippen molar-refractivity contribution in [2.24, 2.45) is 5.41 Å². The number of benzene rings is 1. The van der Waals surface area contributed by atoms with Gasteiger partial charge < -0.3 is 4.74 Å². The summed E-state index contributed by atoms with van der Waals surface area (Å²) in [4.78, 5) is 11.4. The van der Waals surface area contributed by atoms with Crippen LogP contribution in [0.5, 0.6) is 0 Å². The van der Waals surface area contributed by atoms with Gasteiger partial charge in [0.25, 0.3) is 0 Å². The summed E-state index contributed by atoms with van der Waals surface area (Å²) in [6.07, 6.45) is 2.86. The quantitative estimate of drug-likeness (QED) is 0.804. The minimum absolute atomic E-state index is 0.0673. The molecule has 1 aromatic rings. The summed E-state index contributed by atoms with van der Waals surface area (Å²) in [6.45, 7) is 0. The van der Waals surface area contributed by atoms with Crippen LogP contribution in [0.3, 0.4) is 0 Å². The predicted octanol–water partition coefficient (Wildman–Crippen LogP) is 2.08. The van der Waals surface area contributed by atoms with Gasteiger partial charge in [-0.15, -0.1) is 0 Å². The van der Waals surface area contributed by atoms with E-state index in [0.717, 1.165) is 24.0 Å². The van der Waals surface area contributed by atoms with E-state index in [1.54, 1.807) is 6.07 Å². The number of aryl methyl sites for hydroxylation is 1. The molecule has 1 aromatic carbocycles. The van der Waals surface area contributed by atoms with E-state index in [0.29, 0.717) is 12.8 Å². The van der Waals surface area contributed by atoms with Crippen molar-refractivity contribution in [2.45, 2.75) is 38.1 Å². The molecule has 0 aromatic heterocycles. The number of carbonyl (C=O) groups is 1. The molecule has 0 amide bonds. The fraction of sp³-hybridized carbons (Fsp3) is 0.562. The van der Waals surface area contributed by atoms with E-state index in [1.807, 2.05) is 0 Å². The summed E-state index contributed by atoms with van der Waals surface area (Å²) >= 11 is 0. The van der Waals surface area contributed by atoms with Gasteiger partial charge in [-0.1, -0.05) is 6.07 Å². The van der Waals surface area contributed by atoms with Crippen molar-refractivity contribution in [3.05, 3.63) is 35.1 Å². The standard InChI is InChI=1S/C16H20FNO4S/c1-22-15(19)9-16(6-7-16)10-23(20,21)18-14-5-2-11-8-12(17)3-4-13(11)14/h3-4,8,14,18H,2,5-7,9-10H2,1H3. The highest BCUT2D eigenvalue weighted by molar-refractivity contribution is 7.89. The Labute approximate surface area is 135 Å². The van der Waals surface area contributed by atoms with Gasteiger partial charge in [0.15, 0.2) is 0 Å². The molecule has 0 bridgehead atoms. The first-order chi connectivity index (χ1) is 10.8. The third-order valence-corrected chi connectivity index (χ3v) is 6.34. The molecule has 1 N–H and O–H groups in total. The van der Waals surface area contributed by atoms with E-state index >= 15 is 0 Å². The number of nitrogens with one attached hydrogen (secondary N) is 1. The van der Waals surface area contributed by atoms with Crippen LogP contribution < -0.4 is 4.72 Å². The van der Waals surface area contributed by atoms with E-state index in [1.165, 1.54) is 19.2 Å². The second-order valence-electron chi connectivity index (χ2n) is 6.56. The van der Waals surface area contributed by atoms with E-state index in [9.17, 15) is 17.6 Å². The molecule has 0 spiro atoms. The molecule has 1 saturated carbocycles. The summed E-state index contributed by atoms with van der Waals surface area (Å²) in [5.41, 5.74) is 1.21. The van der Waals surface area contributed by atoms with Crippen LogP contribution in [0.2, 0.25) is 0 Å². The van der Waals surface area contributed by atoms with Gasteiger partial charge >= 0.3 is 5.97 Å². The smallest absolute Gasteiger partial charge is 0.306 e. The Bertz CT molecular complexity index is 728. The molecule has 126 valence electrons. The number of methoxy groups -OCH3 is 1. The normalized spacial score (nSPS) is 21.7. The van der Waals surface area contributed by atoms with Gasteiger partial charge in [-0.3, -0.25) is 4.79 Å². The molecule has 0 radical (unpaired) electrons. The van der Waals surface area contributed by atoms with Crippen molar-refractivity contribution in [3.63, 3.8) is 0 Å². The fourth-order valence-electron chi connectivity index (χ4n) is 3.30. The zero-order chi connectivity index (χ0) is 16.7. The fourth-order valence-corrected chi connectivity index (χ4v) is 5.26. The lowest BCUT2D eigenvalue weighted by molar-refractivity contribution is -0.141. The number of ether oxygens (including phenoxy) is 1. The zero-order valence-corrected chi connectivity index (χ0v) is 13.8. The topological polar surface area (TPSA) is 72.5 Å². The van der Waals surface area contributed by atoms with Crippen molar-refractivity contribution in [3.8, 4) is 0 Å². The number of fused-ring (bicyclic) bond motifs is 1. The largest absolute Gasteiger partial charge is 0.469 e. The molecule has 1 fully saturated rings. The van der Waals surface area contributed by atoms with Crippen LogP contribution in [0.1, 0.15) is 42.9 Å². The lowest BCUT2D eigenvalue weighted by Gasteiger charge is -2.18. The van der Waals surface area contributed by atoms with Gasteiger partial charge in [0.05, 0.1) is 19.3 Å². The highest BCUT2D eigenvalue weighted by atomic mass is 32.2. The molecule has 1 unspecified atom stereocenters. The Morgan fingerprint density at radius 3 is 2.83 bits per heavy atom. The van der Waals surface area contributed by atoms with E-state index in [2.05, 4.69) is 9.46 Å². The zero-order valence-electron chi connectivity index (χ0n) is 13.0. The molecule has 7 heteroatoms. The van der Waals surface area contributed by atoms with Crippen LogP contribution in [0.4, 0.5) is 4.39 Å². The molecule has 5 nitrogen and oxygen atoms in total. The molecule has 3 rings (SSSR count). The van der Waals surface area contributed by atoms with Crippen LogP contribution >= 0.6 is 0 Å². The van der Waals surface area contributed by atoms with Crippen molar-refractivity contribution < 1.29 is 22.3 Å².